The number of furan rings is 1. The van der Waals surface area contributed by atoms with Crippen molar-refractivity contribution in [3.8, 4) is 23.0 Å². The van der Waals surface area contributed by atoms with Crippen LogP contribution in [0.25, 0.3) is 17.3 Å². The molecule has 0 saturated carbocycles. The molecule has 1 saturated heterocycles. The van der Waals surface area contributed by atoms with Crippen molar-refractivity contribution in [1.82, 2.24) is 19.7 Å². The number of anilines is 1. The number of ether oxygens (including phenoxy) is 1. The van der Waals surface area contributed by atoms with E-state index in [2.05, 4.69) is 10.2 Å². The van der Waals surface area contributed by atoms with Crippen molar-refractivity contribution in [3.05, 3.63) is 72.5 Å². The maximum absolute atomic E-state index is 13.1. The quantitative estimate of drug-likeness (QED) is 0.186. The Morgan fingerprint density at radius 3 is 2.55 bits per heavy atom. The van der Waals surface area contributed by atoms with Crippen LogP contribution in [0.1, 0.15) is 18.4 Å². The molecule has 1 aliphatic heterocycles. The van der Waals surface area contributed by atoms with Gasteiger partial charge in [-0.25, -0.2) is 0 Å². The molecule has 8 nitrogen and oxygen atoms in total. The van der Waals surface area contributed by atoms with Crippen molar-refractivity contribution >= 4 is 23.4 Å². The molecule has 12 heteroatoms. The number of amides is 1. The molecule has 0 spiro atoms. The zero-order valence-electron chi connectivity index (χ0n) is 21.8. The van der Waals surface area contributed by atoms with E-state index in [1.165, 1.54) is 17.8 Å². The van der Waals surface area contributed by atoms with Crippen LogP contribution in [0.2, 0.25) is 0 Å². The molecule has 1 aliphatic rings. The number of nitrogens with zero attached hydrogens (tertiary/aromatic N) is 5. The Balaban J connectivity index is 1.17. The highest BCUT2D eigenvalue weighted by Gasteiger charge is 2.31. The summed E-state index contributed by atoms with van der Waals surface area (Å²) in [5, 5.41) is 9.38. The molecule has 0 radical (unpaired) electrons. The summed E-state index contributed by atoms with van der Waals surface area (Å²) < 4.78 is 52.2. The summed E-state index contributed by atoms with van der Waals surface area (Å²) in [6.07, 6.45) is -1.81. The zero-order valence-corrected chi connectivity index (χ0v) is 22.6. The standard InChI is InChI=1S/C28H28F3N5O3S/c1-38-23-10-3-2-9-22(23)36-26(24-11-5-17-39-24)32-33-27(36)40-18-6-12-25(37)35-15-13-34(14-16-35)21-8-4-7-20(19-21)28(29,30)31/h2-5,7-11,17,19H,6,12-16,18H2,1H3. The molecule has 2 aromatic heterocycles. The number of benzene rings is 2. The van der Waals surface area contributed by atoms with Gasteiger partial charge in [0.25, 0.3) is 0 Å². The fourth-order valence-electron chi connectivity index (χ4n) is 4.60. The smallest absolute Gasteiger partial charge is 0.416 e. The molecule has 0 N–H and O–H groups in total. The van der Waals surface area contributed by atoms with Gasteiger partial charge in [0.15, 0.2) is 10.9 Å². The molecule has 210 valence electrons. The minimum atomic E-state index is -4.38. The molecule has 0 aliphatic carbocycles. The number of methoxy groups -OCH3 is 1. The summed E-state index contributed by atoms with van der Waals surface area (Å²) in [4.78, 5) is 16.5. The van der Waals surface area contributed by atoms with Crippen LogP contribution in [-0.4, -0.2) is 64.6 Å². The van der Waals surface area contributed by atoms with Gasteiger partial charge in [-0.15, -0.1) is 10.2 Å². The highest BCUT2D eigenvalue weighted by Crippen LogP contribution is 2.34. The van der Waals surface area contributed by atoms with Gasteiger partial charge >= 0.3 is 6.18 Å². The van der Waals surface area contributed by atoms with Crippen LogP contribution >= 0.6 is 11.8 Å². The topological polar surface area (TPSA) is 76.6 Å². The zero-order chi connectivity index (χ0) is 28.1. The maximum Gasteiger partial charge on any atom is 0.416 e. The highest BCUT2D eigenvalue weighted by molar-refractivity contribution is 7.99. The molecule has 40 heavy (non-hydrogen) atoms. The first-order valence-corrected chi connectivity index (χ1v) is 13.8. The molecule has 3 heterocycles. The first-order valence-electron chi connectivity index (χ1n) is 12.8. The number of aromatic nitrogens is 3. The SMILES string of the molecule is COc1ccccc1-n1c(SCCCC(=O)N2CCN(c3cccc(C(F)(F)F)c3)CC2)nnc1-c1ccco1. The van der Waals surface area contributed by atoms with Gasteiger partial charge in [-0.3, -0.25) is 9.36 Å². The van der Waals surface area contributed by atoms with E-state index >= 15 is 0 Å². The van der Waals surface area contributed by atoms with Gasteiger partial charge in [-0.1, -0.05) is 30.0 Å². The lowest BCUT2D eigenvalue weighted by molar-refractivity contribution is -0.137. The maximum atomic E-state index is 13.1. The van der Waals surface area contributed by atoms with Crippen molar-refractivity contribution in [2.24, 2.45) is 0 Å². The number of carbonyl (C=O) groups excluding carboxylic acids is 1. The second-order valence-corrected chi connectivity index (χ2v) is 10.2. The molecule has 0 atom stereocenters. The summed E-state index contributed by atoms with van der Waals surface area (Å²) in [5.74, 6) is 2.46. The Hall–Kier alpha value is -3.93. The number of para-hydroxylation sites is 2. The fourth-order valence-corrected chi connectivity index (χ4v) is 5.48. The summed E-state index contributed by atoms with van der Waals surface area (Å²) in [5.41, 5.74) is 0.629. The Morgan fingerprint density at radius 1 is 1.02 bits per heavy atom. The lowest BCUT2D eigenvalue weighted by atomic mass is 10.1. The van der Waals surface area contributed by atoms with Gasteiger partial charge in [-0.2, -0.15) is 13.2 Å². The molecular formula is C28H28F3N5O3S. The van der Waals surface area contributed by atoms with Gasteiger partial charge in [0, 0.05) is 44.0 Å². The summed E-state index contributed by atoms with van der Waals surface area (Å²) >= 11 is 1.49. The van der Waals surface area contributed by atoms with Crippen molar-refractivity contribution in [2.75, 3.05) is 43.9 Å². The second kappa shape index (κ2) is 12.1. The Labute approximate surface area is 233 Å². The Morgan fingerprint density at radius 2 is 1.82 bits per heavy atom. The highest BCUT2D eigenvalue weighted by atomic mass is 32.2. The van der Waals surface area contributed by atoms with Gasteiger partial charge in [-0.05, 0) is 48.9 Å². The fraction of sp³-hybridized carbons (Fsp3) is 0.321. The monoisotopic (exact) mass is 571 g/mol. The van der Waals surface area contributed by atoms with Crippen LogP contribution in [0.3, 0.4) is 0 Å². The van der Waals surface area contributed by atoms with E-state index in [0.717, 1.165) is 17.8 Å². The third kappa shape index (κ3) is 6.11. The van der Waals surface area contributed by atoms with Gasteiger partial charge < -0.3 is 19.0 Å². The molecule has 0 unspecified atom stereocenters. The minimum absolute atomic E-state index is 0.0340. The van der Waals surface area contributed by atoms with Crippen molar-refractivity contribution in [1.29, 1.82) is 0 Å². The average molecular weight is 572 g/mol. The molecule has 0 bridgehead atoms. The number of alkyl halides is 3. The summed E-state index contributed by atoms with van der Waals surface area (Å²) in [6, 6.07) is 16.5. The Bertz CT molecular complexity index is 1430. The van der Waals surface area contributed by atoms with Gasteiger partial charge in [0.2, 0.25) is 11.7 Å². The van der Waals surface area contributed by atoms with E-state index < -0.39 is 11.7 Å². The van der Waals surface area contributed by atoms with Crippen LogP contribution in [0.4, 0.5) is 18.9 Å². The number of carbonyl (C=O) groups is 1. The number of halogens is 3. The Kier molecular flexibility index (Phi) is 8.34. The summed E-state index contributed by atoms with van der Waals surface area (Å²) in [6.45, 7) is 1.91. The van der Waals surface area contributed by atoms with Crippen molar-refractivity contribution in [3.63, 3.8) is 0 Å². The predicted octanol–water partition coefficient (Wildman–Crippen LogP) is 5.78. The first kappa shape index (κ1) is 27.6. The van der Waals surface area contributed by atoms with Crippen LogP contribution in [0, 0.1) is 0 Å². The number of hydrogen-bond acceptors (Lipinski definition) is 7. The lowest BCUT2D eigenvalue weighted by Gasteiger charge is -2.36. The largest absolute Gasteiger partial charge is 0.495 e. The average Bonchev–Trinajstić information content (AvgIpc) is 3.65. The molecular weight excluding hydrogens is 543 g/mol. The molecule has 4 aromatic rings. The lowest BCUT2D eigenvalue weighted by Crippen LogP contribution is -2.48. The normalized spacial score (nSPS) is 14.0. The molecule has 1 fully saturated rings. The third-order valence-electron chi connectivity index (χ3n) is 6.64. The number of rotatable bonds is 9. The number of hydrogen-bond donors (Lipinski definition) is 0. The third-order valence-corrected chi connectivity index (χ3v) is 7.65. The van der Waals surface area contributed by atoms with Gasteiger partial charge in [0.1, 0.15) is 5.75 Å². The number of thioether (sulfide) groups is 1. The van der Waals surface area contributed by atoms with E-state index in [1.54, 1.807) is 30.4 Å². The molecule has 1 amide bonds. The van der Waals surface area contributed by atoms with Gasteiger partial charge in [0.05, 0.1) is 24.6 Å². The van der Waals surface area contributed by atoms with Crippen LogP contribution in [-0.2, 0) is 11.0 Å². The predicted molar refractivity (Wildman–Crippen MR) is 146 cm³/mol. The van der Waals surface area contributed by atoms with Crippen LogP contribution in [0.5, 0.6) is 5.75 Å². The van der Waals surface area contributed by atoms with E-state index in [0.29, 0.717) is 73.0 Å². The second-order valence-electron chi connectivity index (χ2n) is 9.16. The van der Waals surface area contributed by atoms with Crippen molar-refractivity contribution in [2.45, 2.75) is 24.2 Å². The molecule has 2 aromatic carbocycles. The summed E-state index contributed by atoms with van der Waals surface area (Å²) in [7, 11) is 1.60. The van der Waals surface area contributed by atoms with E-state index in [-0.39, 0.29) is 5.91 Å². The van der Waals surface area contributed by atoms with Crippen LogP contribution < -0.4 is 9.64 Å². The minimum Gasteiger partial charge on any atom is -0.495 e. The van der Waals surface area contributed by atoms with Crippen molar-refractivity contribution < 1.29 is 27.1 Å². The first-order chi connectivity index (χ1) is 19.3. The van der Waals surface area contributed by atoms with Crippen LogP contribution in [0.15, 0.2) is 76.5 Å². The van der Waals surface area contributed by atoms with E-state index in [4.69, 9.17) is 9.15 Å². The molecule has 5 rings (SSSR count). The van der Waals surface area contributed by atoms with E-state index in [1.807, 2.05) is 39.8 Å². The number of piperazine rings is 1. The van der Waals surface area contributed by atoms with E-state index in [9.17, 15) is 18.0 Å².